The maximum Gasteiger partial charge on any atom is 0.460 e. The Morgan fingerprint density at radius 2 is 0.394 bits per heavy atom. The molecule has 6 aromatic carbocycles. The van der Waals surface area contributed by atoms with Gasteiger partial charge in [0.05, 0.1) is 37.3 Å². The summed E-state index contributed by atoms with van der Waals surface area (Å²) in [4.78, 5) is 0. The molecule has 21 nitrogen and oxygen atoms in total. The van der Waals surface area contributed by atoms with Gasteiger partial charge in [0.1, 0.15) is 34.5 Å². The van der Waals surface area contributed by atoms with E-state index in [0.717, 1.165) is 0 Å². The summed E-state index contributed by atoms with van der Waals surface area (Å²) in [7, 11) is -13.2. The molecule has 336 valence electrons. The SMILES string of the molecule is ON=Cc1ccc(OP2(Oc3ccc(C=NO)cc3)=NP(Oc3ccc(C=NO)cc3)(Oc3ccc(C=NO)cc3)=NP(Oc3ccc(C=NO)cc3)(Oc3ccc(C=NO)cc3)=N2)cc1. The van der Waals surface area contributed by atoms with E-state index in [4.69, 9.17) is 40.7 Å². The molecule has 0 aliphatic carbocycles. The van der Waals surface area contributed by atoms with Crippen molar-refractivity contribution >= 4 is 60.3 Å². The van der Waals surface area contributed by atoms with Crippen molar-refractivity contribution < 1.29 is 58.4 Å². The molecule has 1 aliphatic heterocycles. The van der Waals surface area contributed by atoms with Gasteiger partial charge in [-0.3, -0.25) is 0 Å². The molecular weight excluding hydrogens is 915 g/mol. The van der Waals surface area contributed by atoms with Gasteiger partial charge in [0.15, 0.2) is 0 Å². The smallest absolute Gasteiger partial charge is 0.413 e. The molecule has 1 heterocycles. The lowest BCUT2D eigenvalue weighted by atomic mass is 10.2. The molecule has 0 fully saturated rings. The second-order valence-electron chi connectivity index (χ2n) is 13.2. The third kappa shape index (κ3) is 12.0. The summed E-state index contributed by atoms with van der Waals surface area (Å²) < 4.78 is 56.2. The Bertz CT molecular complexity index is 2430. The lowest BCUT2D eigenvalue weighted by molar-refractivity contribution is 0.321. The molecule has 6 aromatic rings. The van der Waals surface area contributed by atoms with E-state index in [2.05, 4.69) is 30.9 Å². The Morgan fingerprint density at radius 1 is 0.258 bits per heavy atom. The number of rotatable bonds is 18. The molecule has 0 saturated heterocycles. The lowest BCUT2D eigenvalue weighted by Crippen LogP contribution is -2.11. The molecule has 6 N–H and O–H groups in total. The van der Waals surface area contributed by atoms with Crippen molar-refractivity contribution in [3.8, 4) is 34.5 Å². The van der Waals surface area contributed by atoms with Gasteiger partial charge in [-0.05, 0) is 179 Å². The first-order chi connectivity index (χ1) is 32.2. The van der Waals surface area contributed by atoms with Crippen LogP contribution in [0.3, 0.4) is 0 Å². The van der Waals surface area contributed by atoms with Crippen LogP contribution in [-0.4, -0.2) is 68.5 Å². The van der Waals surface area contributed by atoms with E-state index < -0.39 is 23.0 Å². The molecule has 0 spiro atoms. The van der Waals surface area contributed by atoms with Crippen LogP contribution >= 0.6 is 23.0 Å². The summed E-state index contributed by atoms with van der Waals surface area (Å²) in [6, 6.07) is 38.1. The Morgan fingerprint density at radius 3 is 0.515 bits per heavy atom. The minimum Gasteiger partial charge on any atom is -0.413 e. The van der Waals surface area contributed by atoms with E-state index in [1.54, 1.807) is 146 Å². The third-order valence-corrected chi connectivity index (χ3v) is 16.7. The van der Waals surface area contributed by atoms with Crippen LogP contribution in [0.5, 0.6) is 34.5 Å². The zero-order valence-corrected chi connectivity index (χ0v) is 36.5. The zero-order chi connectivity index (χ0) is 46.2. The number of oxime groups is 6. The van der Waals surface area contributed by atoms with Crippen LogP contribution < -0.4 is 27.1 Å². The first kappa shape index (κ1) is 45.6. The summed E-state index contributed by atoms with van der Waals surface area (Å²) in [5, 5.41) is 74.0. The van der Waals surface area contributed by atoms with Crippen LogP contribution in [0.25, 0.3) is 0 Å². The fourth-order valence-corrected chi connectivity index (χ4v) is 14.7. The van der Waals surface area contributed by atoms with Gasteiger partial charge in [0.25, 0.3) is 0 Å². The predicted octanol–water partition coefficient (Wildman–Crippen LogP) is 11.2. The quantitative estimate of drug-likeness (QED) is 0.0203. The van der Waals surface area contributed by atoms with Crippen molar-refractivity contribution in [2.45, 2.75) is 0 Å². The van der Waals surface area contributed by atoms with Crippen LogP contribution in [0.15, 0.2) is 190 Å². The molecular formula is C42H36N9O12P3. The molecule has 0 atom stereocenters. The highest BCUT2D eigenvalue weighted by Gasteiger charge is 2.49. The molecule has 0 unspecified atom stereocenters. The molecule has 0 aromatic heterocycles. The van der Waals surface area contributed by atoms with Gasteiger partial charge in [0.2, 0.25) is 0 Å². The summed E-state index contributed by atoms with van der Waals surface area (Å²) >= 11 is 0. The maximum absolute atomic E-state index is 9.22. The fourth-order valence-electron chi connectivity index (χ4n) is 5.67. The normalized spacial score (nSPS) is 19.5. The standard InChI is InChI=1S/C42H36N9O12P3/c52-43-25-31-1-13-37(14-2-31)58-64(59-38-15-3-32(4-16-38)26-44-53)49-65(60-39-17-5-33(6-18-39)27-45-54,61-40-19-7-34(8-20-40)28-46-55)51-66(50-64,62-41-21-9-35(10-22-41)29-47-56)63-42-23-11-36(12-24-42)30-48-57/h1-30,52-57H. The van der Waals surface area contributed by atoms with Gasteiger partial charge in [0, 0.05) is 0 Å². The highest BCUT2D eigenvalue weighted by Crippen LogP contribution is 2.78. The van der Waals surface area contributed by atoms with E-state index >= 15 is 0 Å². The molecule has 7 rings (SSSR count). The molecule has 0 bridgehead atoms. The maximum atomic E-state index is 9.22. The van der Waals surface area contributed by atoms with E-state index in [9.17, 15) is 31.2 Å². The molecule has 1 aliphatic rings. The van der Waals surface area contributed by atoms with Crippen LogP contribution in [-0.2, 0) is 0 Å². The Balaban J connectivity index is 1.57. The molecule has 0 saturated carbocycles. The molecule has 66 heavy (non-hydrogen) atoms. The Hall–Kier alpha value is -8.37. The summed E-state index contributed by atoms with van der Waals surface area (Å²) in [6.45, 7) is 0. The zero-order valence-electron chi connectivity index (χ0n) is 33.8. The minimum absolute atomic E-state index is 0.161. The topological polar surface area (TPSA) is 288 Å². The van der Waals surface area contributed by atoms with Crippen LogP contribution in [0, 0.1) is 0 Å². The monoisotopic (exact) mass is 951 g/mol. The van der Waals surface area contributed by atoms with E-state index in [1.807, 2.05) is 0 Å². The number of hydrogen-bond acceptors (Lipinski definition) is 21. The van der Waals surface area contributed by atoms with Crippen LogP contribution in [0.4, 0.5) is 0 Å². The summed E-state index contributed by atoms with van der Waals surface area (Å²) in [5.41, 5.74) is 3.10. The van der Waals surface area contributed by atoms with Crippen molar-refractivity contribution in [3.05, 3.63) is 179 Å². The van der Waals surface area contributed by atoms with E-state index in [1.165, 1.54) is 37.3 Å². The van der Waals surface area contributed by atoms with Crippen molar-refractivity contribution in [2.24, 2.45) is 44.5 Å². The first-order valence-corrected chi connectivity index (χ1v) is 23.5. The predicted molar refractivity (Wildman–Crippen MR) is 247 cm³/mol. The van der Waals surface area contributed by atoms with E-state index in [0.29, 0.717) is 33.4 Å². The Labute approximate surface area is 375 Å². The summed E-state index contributed by atoms with van der Waals surface area (Å²) in [5.74, 6) is 0.965. The first-order valence-electron chi connectivity index (χ1n) is 18.9. The number of hydrogen-bond donors (Lipinski definition) is 6. The lowest BCUT2D eigenvalue weighted by Gasteiger charge is -2.33. The number of nitrogens with zero attached hydrogens (tertiary/aromatic N) is 9. The average molecular weight is 952 g/mol. The minimum atomic E-state index is -4.39. The van der Waals surface area contributed by atoms with Gasteiger partial charge in [-0.1, -0.05) is 44.5 Å². The second-order valence-corrected chi connectivity index (χ2v) is 19.4. The van der Waals surface area contributed by atoms with Crippen molar-refractivity contribution in [2.75, 3.05) is 0 Å². The number of benzene rings is 6. The average Bonchev–Trinajstić information content (AvgIpc) is 3.31. The van der Waals surface area contributed by atoms with Crippen molar-refractivity contribution in [1.29, 1.82) is 0 Å². The van der Waals surface area contributed by atoms with Crippen LogP contribution in [0.1, 0.15) is 33.4 Å². The molecule has 0 radical (unpaired) electrons. The summed E-state index contributed by atoms with van der Waals surface area (Å²) in [6.07, 6.45) is 7.32. The van der Waals surface area contributed by atoms with Gasteiger partial charge >= 0.3 is 23.0 Å². The third-order valence-electron chi connectivity index (χ3n) is 8.55. The van der Waals surface area contributed by atoms with Gasteiger partial charge < -0.3 is 58.4 Å². The van der Waals surface area contributed by atoms with Crippen molar-refractivity contribution in [3.63, 3.8) is 0 Å². The highest BCUT2D eigenvalue weighted by atomic mass is 31.3. The van der Waals surface area contributed by atoms with Gasteiger partial charge in [-0.25, -0.2) is 0 Å². The molecule has 24 heteroatoms. The largest absolute Gasteiger partial charge is 0.460 e. The highest BCUT2D eigenvalue weighted by molar-refractivity contribution is 7.79. The van der Waals surface area contributed by atoms with E-state index in [-0.39, 0.29) is 34.5 Å². The van der Waals surface area contributed by atoms with Crippen LogP contribution in [0.2, 0.25) is 0 Å². The second kappa shape index (κ2) is 21.3. The fraction of sp³-hybridized carbons (Fsp3) is 0. The Kier molecular flexibility index (Phi) is 14.8. The van der Waals surface area contributed by atoms with Gasteiger partial charge in [-0.15, -0.1) is 0 Å². The van der Waals surface area contributed by atoms with Gasteiger partial charge in [-0.2, -0.15) is 0 Å². The molecule has 0 amide bonds. The van der Waals surface area contributed by atoms with Crippen molar-refractivity contribution in [1.82, 2.24) is 0 Å².